The van der Waals surface area contributed by atoms with Crippen molar-refractivity contribution in [3.8, 4) is 11.5 Å². The van der Waals surface area contributed by atoms with Crippen molar-refractivity contribution in [2.75, 3.05) is 13.2 Å². The highest BCUT2D eigenvalue weighted by molar-refractivity contribution is 7.07. The van der Waals surface area contributed by atoms with Gasteiger partial charge in [0.2, 0.25) is 0 Å². The number of thiazole rings is 1. The van der Waals surface area contributed by atoms with E-state index in [9.17, 15) is 9.59 Å². The molecule has 9 heteroatoms. The van der Waals surface area contributed by atoms with Crippen LogP contribution in [-0.2, 0) is 16.1 Å². The molecule has 0 fully saturated rings. The maximum Gasteiger partial charge on any atom is 0.338 e. The molecule has 1 aliphatic rings. The van der Waals surface area contributed by atoms with Gasteiger partial charge in [0.1, 0.15) is 18.1 Å². The van der Waals surface area contributed by atoms with E-state index in [1.165, 1.54) is 11.3 Å². The van der Waals surface area contributed by atoms with Crippen LogP contribution in [0.2, 0.25) is 5.02 Å². The maximum atomic E-state index is 13.8. The van der Waals surface area contributed by atoms with Gasteiger partial charge in [-0.3, -0.25) is 9.36 Å². The summed E-state index contributed by atoms with van der Waals surface area (Å²) in [6.45, 7) is 6.59. The minimum absolute atomic E-state index is 0.217. The number of hydrogen-bond donors (Lipinski definition) is 0. The predicted molar refractivity (Wildman–Crippen MR) is 160 cm³/mol. The van der Waals surface area contributed by atoms with Gasteiger partial charge >= 0.3 is 5.97 Å². The van der Waals surface area contributed by atoms with Crippen LogP contribution < -0.4 is 24.4 Å². The van der Waals surface area contributed by atoms with Crippen LogP contribution in [0, 0.1) is 0 Å². The van der Waals surface area contributed by atoms with Crippen LogP contribution in [0.3, 0.4) is 0 Å². The van der Waals surface area contributed by atoms with E-state index in [1.807, 2.05) is 85.8 Å². The van der Waals surface area contributed by atoms with Gasteiger partial charge in [0, 0.05) is 5.02 Å². The van der Waals surface area contributed by atoms with Crippen LogP contribution in [0.1, 0.15) is 43.5 Å². The normalized spacial score (nSPS) is 14.8. The maximum absolute atomic E-state index is 13.8. The van der Waals surface area contributed by atoms with Crippen molar-refractivity contribution in [3.05, 3.63) is 125 Å². The molecule has 0 aliphatic carbocycles. The van der Waals surface area contributed by atoms with Crippen LogP contribution in [0.15, 0.2) is 93.9 Å². The second-order valence-electron chi connectivity index (χ2n) is 9.29. The van der Waals surface area contributed by atoms with Gasteiger partial charge in [0.05, 0.1) is 35.1 Å². The third-order valence-corrected chi connectivity index (χ3v) is 7.71. The van der Waals surface area contributed by atoms with E-state index in [0.717, 1.165) is 16.7 Å². The fourth-order valence-electron chi connectivity index (χ4n) is 4.62. The Balaban J connectivity index is 1.49. The monoisotopic (exact) mass is 588 g/mol. The van der Waals surface area contributed by atoms with Crippen molar-refractivity contribution in [3.63, 3.8) is 0 Å². The largest absolute Gasteiger partial charge is 0.494 e. The molecule has 2 heterocycles. The van der Waals surface area contributed by atoms with Crippen molar-refractivity contribution in [2.45, 2.75) is 33.4 Å². The van der Waals surface area contributed by atoms with Gasteiger partial charge in [0.25, 0.3) is 5.56 Å². The number of ether oxygens (including phenoxy) is 3. The first kappa shape index (κ1) is 28.4. The number of aromatic nitrogens is 1. The molecule has 0 radical (unpaired) electrons. The Bertz CT molecular complexity index is 1770. The lowest BCUT2D eigenvalue weighted by Crippen LogP contribution is -2.39. The van der Waals surface area contributed by atoms with Crippen LogP contribution in [0.25, 0.3) is 6.08 Å². The van der Waals surface area contributed by atoms with Gasteiger partial charge < -0.3 is 14.2 Å². The highest BCUT2D eigenvalue weighted by atomic mass is 35.5. The summed E-state index contributed by atoms with van der Waals surface area (Å²) in [7, 11) is 0. The number of halogens is 1. The lowest BCUT2D eigenvalue weighted by atomic mass is 9.96. The average molecular weight is 589 g/mol. The number of fused-ring (bicyclic) bond motifs is 1. The Labute approximate surface area is 246 Å². The van der Waals surface area contributed by atoms with Crippen molar-refractivity contribution >= 4 is 35.0 Å². The molecule has 0 bridgehead atoms. The number of carbonyl (C=O) groups excluding carboxylic acids is 1. The lowest BCUT2D eigenvalue weighted by Gasteiger charge is -2.24. The number of nitrogens with zero attached hydrogens (tertiary/aromatic N) is 2. The third-order valence-electron chi connectivity index (χ3n) is 6.50. The summed E-state index contributed by atoms with van der Waals surface area (Å²) in [5.74, 6) is 0.922. The number of hydrogen-bond acceptors (Lipinski definition) is 7. The van der Waals surface area contributed by atoms with E-state index >= 15 is 0 Å². The fraction of sp³-hybridized carbons (Fsp3) is 0.219. The predicted octanol–water partition coefficient (Wildman–Crippen LogP) is 5.43. The summed E-state index contributed by atoms with van der Waals surface area (Å²) in [5.41, 5.74) is 3.21. The molecule has 1 atom stereocenters. The number of allylic oxidation sites excluding steroid dienone is 1. The van der Waals surface area contributed by atoms with Gasteiger partial charge in [-0.2, -0.15) is 0 Å². The average Bonchev–Trinajstić information content (AvgIpc) is 3.26. The summed E-state index contributed by atoms with van der Waals surface area (Å²) in [5, 5.41) is 0.664. The standard InChI is InChI=1S/C32H29ClN2O5S/c1-4-38-25-15-11-23(12-16-25)29-28(31(37)39-5-2)20(3)34-32-35(29)30(36)27(41-32)18-21-9-13-26(14-10-21)40-19-22-7-6-8-24(33)17-22/h6-18,29H,4-5,19H2,1-3H3/b27-18-/t29-/m1/s1. The smallest absolute Gasteiger partial charge is 0.338 e. The number of carbonyl (C=O) groups is 1. The summed E-state index contributed by atoms with van der Waals surface area (Å²) < 4.78 is 18.9. The molecule has 0 saturated carbocycles. The molecule has 0 N–H and O–H groups in total. The molecule has 1 aliphatic heterocycles. The second kappa shape index (κ2) is 12.6. The Hall–Kier alpha value is -4.14. The van der Waals surface area contributed by atoms with Crippen molar-refractivity contribution < 1.29 is 19.0 Å². The zero-order valence-corrected chi connectivity index (χ0v) is 24.5. The molecule has 0 spiro atoms. The summed E-state index contributed by atoms with van der Waals surface area (Å²) in [4.78, 5) is 32.0. The van der Waals surface area contributed by atoms with E-state index in [2.05, 4.69) is 4.99 Å². The molecule has 0 amide bonds. The lowest BCUT2D eigenvalue weighted by molar-refractivity contribution is -0.139. The molecule has 3 aromatic carbocycles. The summed E-state index contributed by atoms with van der Waals surface area (Å²) in [6, 6.07) is 21.8. The van der Waals surface area contributed by atoms with Crippen molar-refractivity contribution in [1.29, 1.82) is 0 Å². The fourth-order valence-corrected chi connectivity index (χ4v) is 5.88. The number of benzene rings is 3. The Morgan fingerprint density at radius 2 is 1.71 bits per heavy atom. The van der Waals surface area contributed by atoms with Crippen molar-refractivity contribution in [2.24, 2.45) is 4.99 Å². The van der Waals surface area contributed by atoms with Gasteiger partial charge in [-0.05, 0) is 79.9 Å². The molecule has 4 aromatic rings. The minimum atomic E-state index is -0.676. The van der Waals surface area contributed by atoms with Gasteiger partial charge in [-0.1, -0.05) is 59.3 Å². The SMILES string of the molecule is CCOC(=O)C1=C(C)N=c2s/c(=C\c3ccc(OCc4cccc(Cl)c4)cc3)c(=O)n2[C@@H]1c1ccc(OCC)cc1. The highest BCUT2D eigenvalue weighted by Crippen LogP contribution is 2.31. The van der Waals surface area contributed by atoms with E-state index in [4.69, 9.17) is 25.8 Å². The molecule has 210 valence electrons. The van der Waals surface area contributed by atoms with Crippen LogP contribution >= 0.6 is 22.9 Å². The van der Waals surface area contributed by atoms with Crippen molar-refractivity contribution in [1.82, 2.24) is 4.57 Å². The first-order valence-electron chi connectivity index (χ1n) is 13.3. The van der Waals surface area contributed by atoms with Crippen LogP contribution in [-0.4, -0.2) is 23.8 Å². The molecular formula is C32H29ClN2O5S. The molecule has 5 rings (SSSR count). The number of rotatable bonds is 9. The van der Waals surface area contributed by atoms with E-state index in [0.29, 0.717) is 50.3 Å². The summed E-state index contributed by atoms with van der Waals surface area (Å²) >= 11 is 7.34. The topological polar surface area (TPSA) is 79.1 Å². The first-order valence-corrected chi connectivity index (χ1v) is 14.5. The third kappa shape index (κ3) is 6.29. The van der Waals surface area contributed by atoms with Gasteiger partial charge in [-0.15, -0.1) is 0 Å². The second-order valence-corrected chi connectivity index (χ2v) is 10.7. The van der Waals surface area contributed by atoms with Crippen LogP contribution in [0.5, 0.6) is 11.5 Å². The summed E-state index contributed by atoms with van der Waals surface area (Å²) in [6.07, 6.45) is 1.82. The zero-order chi connectivity index (χ0) is 28.9. The molecule has 0 saturated heterocycles. The molecule has 0 unspecified atom stereocenters. The zero-order valence-electron chi connectivity index (χ0n) is 22.9. The molecule has 1 aromatic heterocycles. The number of esters is 1. The molecular weight excluding hydrogens is 560 g/mol. The Kier molecular flexibility index (Phi) is 8.71. The Morgan fingerprint density at radius 1 is 1.00 bits per heavy atom. The minimum Gasteiger partial charge on any atom is -0.494 e. The van der Waals surface area contributed by atoms with E-state index in [-0.39, 0.29) is 12.2 Å². The highest BCUT2D eigenvalue weighted by Gasteiger charge is 2.33. The first-order chi connectivity index (χ1) is 19.9. The van der Waals surface area contributed by atoms with E-state index in [1.54, 1.807) is 18.4 Å². The van der Waals surface area contributed by atoms with Crippen LogP contribution in [0.4, 0.5) is 0 Å². The Morgan fingerprint density at radius 3 is 2.39 bits per heavy atom. The van der Waals surface area contributed by atoms with Gasteiger partial charge in [-0.25, -0.2) is 9.79 Å². The van der Waals surface area contributed by atoms with E-state index < -0.39 is 12.0 Å². The molecule has 7 nitrogen and oxygen atoms in total. The quantitative estimate of drug-likeness (QED) is 0.244. The molecule has 41 heavy (non-hydrogen) atoms. The van der Waals surface area contributed by atoms with Gasteiger partial charge in [0.15, 0.2) is 4.80 Å².